The van der Waals surface area contributed by atoms with Gasteiger partial charge in [0.25, 0.3) is 5.91 Å². The van der Waals surface area contributed by atoms with Gasteiger partial charge < -0.3 is 9.73 Å². The lowest BCUT2D eigenvalue weighted by Crippen LogP contribution is -2.12. The number of amides is 1. The Labute approximate surface area is 127 Å². The summed E-state index contributed by atoms with van der Waals surface area (Å²) in [6.45, 7) is 3.24. The third-order valence-corrected chi connectivity index (χ3v) is 3.28. The van der Waals surface area contributed by atoms with Crippen molar-refractivity contribution in [1.29, 1.82) is 0 Å². The summed E-state index contributed by atoms with van der Waals surface area (Å²) in [5, 5.41) is 2.77. The zero-order valence-corrected chi connectivity index (χ0v) is 12.2. The van der Waals surface area contributed by atoms with E-state index in [1.54, 1.807) is 49.4 Å². The fourth-order valence-electron chi connectivity index (χ4n) is 2.20. The second-order valence-electron chi connectivity index (χ2n) is 5.01. The van der Waals surface area contributed by atoms with Crippen molar-refractivity contribution in [3.63, 3.8) is 0 Å². The molecule has 1 aromatic heterocycles. The van der Waals surface area contributed by atoms with Crippen LogP contribution in [0, 0.1) is 6.92 Å². The van der Waals surface area contributed by atoms with Gasteiger partial charge in [0.15, 0.2) is 17.3 Å². The van der Waals surface area contributed by atoms with Crippen molar-refractivity contribution in [2.75, 3.05) is 5.32 Å². The van der Waals surface area contributed by atoms with Gasteiger partial charge in [0.2, 0.25) is 0 Å². The Kier molecular flexibility index (Phi) is 3.47. The summed E-state index contributed by atoms with van der Waals surface area (Å²) >= 11 is 0. The molecule has 1 amide bonds. The molecule has 2 aromatic carbocycles. The lowest BCUT2D eigenvalue weighted by atomic mass is 10.1. The van der Waals surface area contributed by atoms with Crippen LogP contribution in [0.4, 0.5) is 5.69 Å². The number of carbonyl (C=O) groups is 2. The number of hydrogen-bond acceptors (Lipinski definition) is 4. The zero-order valence-electron chi connectivity index (χ0n) is 12.2. The molecule has 22 heavy (non-hydrogen) atoms. The van der Waals surface area contributed by atoms with Gasteiger partial charge in [-0.25, -0.2) is 4.98 Å². The van der Waals surface area contributed by atoms with E-state index in [0.29, 0.717) is 33.8 Å². The van der Waals surface area contributed by atoms with Gasteiger partial charge in [-0.15, -0.1) is 0 Å². The highest BCUT2D eigenvalue weighted by Crippen LogP contribution is 2.18. The fraction of sp³-hybridized carbons (Fsp3) is 0.118. The van der Waals surface area contributed by atoms with Crippen LogP contribution in [0.25, 0.3) is 11.1 Å². The van der Waals surface area contributed by atoms with Crippen molar-refractivity contribution in [1.82, 2.24) is 4.98 Å². The molecular formula is C17H14N2O3. The van der Waals surface area contributed by atoms with Gasteiger partial charge in [-0.05, 0) is 37.3 Å². The van der Waals surface area contributed by atoms with Crippen LogP contribution in [0.15, 0.2) is 46.9 Å². The molecule has 0 spiro atoms. The maximum Gasteiger partial charge on any atom is 0.255 e. The molecule has 0 bridgehead atoms. The topological polar surface area (TPSA) is 72.2 Å². The van der Waals surface area contributed by atoms with Crippen molar-refractivity contribution in [3.05, 3.63) is 59.5 Å². The van der Waals surface area contributed by atoms with Crippen LogP contribution >= 0.6 is 0 Å². The van der Waals surface area contributed by atoms with Crippen molar-refractivity contribution in [2.45, 2.75) is 13.8 Å². The number of aryl methyl sites for hydroxylation is 1. The summed E-state index contributed by atoms with van der Waals surface area (Å²) in [5.74, 6) is 0.244. The Morgan fingerprint density at radius 2 is 1.91 bits per heavy atom. The first-order valence-corrected chi connectivity index (χ1v) is 6.82. The van der Waals surface area contributed by atoms with E-state index in [2.05, 4.69) is 10.3 Å². The molecule has 0 unspecified atom stereocenters. The highest BCUT2D eigenvalue weighted by atomic mass is 16.3. The van der Waals surface area contributed by atoms with Crippen LogP contribution in [-0.2, 0) is 0 Å². The average molecular weight is 294 g/mol. The van der Waals surface area contributed by atoms with Crippen molar-refractivity contribution < 1.29 is 14.0 Å². The summed E-state index contributed by atoms with van der Waals surface area (Å²) < 4.78 is 5.42. The normalized spacial score (nSPS) is 10.6. The summed E-state index contributed by atoms with van der Waals surface area (Å²) in [4.78, 5) is 27.9. The fourth-order valence-corrected chi connectivity index (χ4v) is 2.20. The number of oxazole rings is 1. The molecule has 0 saturated heterocycles. The number of nitrogens with one attached hydrogen (secondary N) is 1. The van der Waals surface area contributed by atoms with E-state index in [4.69, 9.17) is 4.42 Å². The second kappa shape index (κ2) is 5.44. The molecule has 3 rings (SSSR count). The van der Waals surface area contributed by atoms with E-state index in [-0.39, 0.29) is 11.7 Å². The minimum atomic E-state index is -0.267. The maximum atomic E-state index is 12.3. The molecule has 1 N–H and O–H groups in total. The monoisotopic (exact) mass is 294 g/mol. The molecule has 1 heterocycles. The number of aromatic nitrogens is 1. The molecule has 0 fully saturated rings. The van der Waals surface area contributed by atoms with Gasteiger partial charge >= 0.3 is 0 Å². The first-order valence-electron chi connectivity index (χ1n) is 6.82. The number of rotatable bonds is 3. The standard InChI is InChI=1S/C17H14N2O3/c1-10(20)12-4-3-5-14(8-12)19-17(21)13-6-7-15-16(9-13)22-11(2)18-15/h3-9H,1-2H3,(H,19,21). The van der Waals surface area contributed by atoms with Gasteiger partial charge in [0.05, 0.1) is 0 Å². The number of nitrogens with zero attached hydrogens (tertiary/aromatic N) is 1. The Morgan fingerprint density at radius 1 is 1.09 bits per heavy atom. The molecule has 0 saturated carbocycles. The van der Waals surface area contributed by atoms with E-state index in [1.807, 2.05) is 0 Å². The second-order valence-corrected chi connectivity index (χ2v) is 5.01. The summed E-state index contributed by atoms with van der Waals surface area (Å²) in [6.07, 6.45) is 0. The van der Waals surface area contributed by atoms with Crippen molar-refractivity contribution >= 4 is 28.5 Å². The summed E-state index contributed by atoms with van der Waals surface area (Å²) in [5.41, 5.74) is 2.89. The van der Waals surface area contributed by atoms with Gasteiger partial charge in [0.1, 0.15) is 5.52 Å². The summed E-state index contributed by atoms with van der Waals surface area (Å²) in [6, 6.07) is 11.9. The van der Waals surface area contributed by atoms with E-state index in [9.17, 15) is 9.59 Å². The number of hydrogen-bond donors (Lipinski definition) is 1. The van der Waals surface area contributed by atoms with Gasteiger partial charge in [-0.1, -0.05) is 12.1 Å². The third-order valence-electron chi connectivity index (χ3n) is 3.28. The Morgan fingerprint density at radius 3 is 2.68 bits per heavy atom. The Hall–Kier alpha value is -2.95. The van der Waals surface area contributed by atoms with E-state index in [0.717, 1.165) is 0 Å². The molecule has 0 aliphatic rings. The van der Waals surface area contributed by atoms with Crippen LogP contribution in [0.2, 0.25) is 0 Å². The number of anilines is 1. The first kappa shape index (κ1) is 14.0. The predicted octanol–water partition coefficient (Wildman–Crippen LogP) is 3.59. The van der Waals surface area contributed by atoms with Crippen LogP contribution in [0.3, 0.4) is 0 Å². The predicted molar refractivity (Wildman–Crippen MR) is 83.1 cm³/mol. The van der Waals surface area contributed by atoms with Gasteiger partial charge in [0, 0.05) is 23.7 Å². The molecule has 0 aliphatic heterocycles. The number of fused-ring (bicyclic) bond motifs is 1. The quantitative estimate of drug-likeness (QED) is 0.749. The SMILES string of the molecule is CC(=O)c1cccc(NC(=O)c2ccc3nc(C)oc3c2)c1. The van der Waals surface area contributed by atoms with Crippen LogP contribution < -0.4 is 5.32 Å². The minimum Gasteiger partial charge on any atom is -0.441 e. The summed E-state index contributed by atoms with van der Waals surface area (Å²) in [7, 11) is 0. The van der Waals surface area contributed by atoms with E-state index >= 15 is 0 Å². The molecule has 0 atom stereocenters. The highest BCUT2D eigenvalue weighted by Gasteiger charge is 2.10. The number of benzene rings is 2. The number of ketones is 1. The Bertz CT molecular complexity index is 880. The molecule has 5 heteroatoms. The van der Waals surface area contributed by atoms with Crippen molar-refractivity contribution in [3.8, 4) is 0 Å². The Balaban J connectivity index is 1.86. The van der Waals surface area contributed by atoms with Crippen LogP contribution in [0.5, 0.6) is 0 Å². The van der Waals surface area contributed by atoms with Crippen LogP contribution in [-0.4, -0.2) is 16.7 Å². The maximum absolute atomic E-state index is 12.3. The molecule has 0 aliphatic carbocycles. The lowest BCUT2D eigenvalue weighted by molar-refractivity contribution is 0.101. The first-order chi connectivity index (χ1) is 10.5. The van der Waals surface area contributed by atoms with E-state index in [1.165, 1.54) is 6.92 Å². The van der Waals surface area contributed by atoms with Gasteiger partial charge in [-0.2, -0.15) is 0 Å². The number of Topliss-reactive ketones (excluding diaryl/α,β-unsaturated/α-hetero) is 1. The van der Waals surface area contributed by atoms with Gasteiger partial charge in [-0.3, -0.25) is 9.59 Å². The molecule has 3 aromatic rings. The minimum absolute atomic E-state index is 0.0466. The largest absolute Gasteiger partial charge is 0.441 e. The third kappa shape index (κ3) is 2.74. The smallest absolute Gasteiger partial charge is 0.255 e. The molecule has 110 valence electrons. The molecule has 5 nitrogen and oxygen atoms in total. The molecular weight excluding hydrogens is 280 g/mol. The zero-order chi connectivity index (χ0) is 15.7. The van der Waals surface area contributed by atoms with E-state index < -0.39 is 0 Å². The number of carbonyl (C=O) groups excluding carboxylic acids is 2. The average Bonchev–Trinajstić information content (AvgIpc) is 2.86. The molecule has 0 radical (unpaired) electrons. The van der Waals surface area contributed by atoms with Crippen LogP contribution in [0.1, 0.15) is 33.5 Å². The highest BCUT2D eigenvalue weighted by molar-refractivity contribution is 6.06. The van der Waals surface area contributed by atoms with Crippen molar-refractivity contribution in [2.24, 2.45) is 0 Å². The lowest BCUT2D eigenvalue weighted by Gasteiger charge is -2.06.